The molecule has 0 fully saturated rings. The molecule has 1 aromatic carbocycles. The van der Waals surface area contributed by atoms with Crippen molar-refractivity contribution in [1.29, 1.82) is 0 Å². The van der Waals surface area contributed by atoms with Crippen molar-refractivity contribution in [2.75, 3.05) is 5.32 Å². The highest BCUT2D eigenvalue weighted by atomic mass is 16.5. The first-order valence-corrected chi connectivity index (χ1v) is 4.98. The molecule has 0 saturated heterocycles. The molecule has 0 unspecified atom stereocenters. The molecule has 0 aliphatic heterocycles. The number of hydrogen-bond donors (Lipinski definition) is 2. The molecule has 5 heteroatoms. The fourth-order valence-electron chi connectivity index (χ4n) is 1.51. The SMILES string of the molecule is CC(C)Nc1noc2c(C(=O)O)cccc12. The Balaban J connectivity index is 2.57. The summed E-state index contributed by atoms with van der Waals surface area (Å²) in [5.41, 5.74) is 0.431. The molecule has 84 valence electrons. The molecule has 0 aliphatic rings. The van der Waals surface area contributed by atoms with Gasteiger partial charge in [-0.2, -0.15) is 0 Å². The van der Waals surface area contributed by atoms with Gasteiger partial charge in [-0.05, 0) is 26.0 Å². The van der Waals surface area contributed by atoms with Crippen LogP contribution in [0, 0.1) is 0 Å². The van der Waals surface area contributed by atoms with Gasteiger partial charge in [-0.3, -0.25) is 0 Å². The molecule has 0 amide bonds. The monoisotopic (exact) mass is 220 g/mol. The fourth-order valence-corrected chi connectivity index (χ4v) is 1.51. The number of benzene rings is 1. The average molecular weight is 220 g/mol. The molecular weight excluding hydrogens is 208 g/mol. The second kappa shape index (κ2) is 3.84. The molecule has 2 aromatic rings. The zero-order valence-corrected chi connectivity index (χ0v) is 9.02. The summed E-state index contributed by atoms with van der Waals surface area (Å²) in [6.07, 6.45) is 0. The van der Waals surface area contributed by atoms with Crippen LogP contribution in [-0.4, -0.2) is 22.3 Å². The number of carbonyl (C=O) groups is 1. The Labute approximate surface area is 92.0 Å². The Hall–Kier alpha value is -2.04. The van der Waals surface area contributed by atoms with E-state index in [1.165, 1.54) is 6.07 Å². The number of fused-ring (bicyclic) bond motifs is 1. The lowest BCUT2D eigenvalue weighted by Crippen LogP contribution is -2.09. The lowest BCUT2D eigenvalue weighted by molar-refractivity contribution is 0.0697. The molecule has 0 radical (unpaired) electrons. The van der Waals surface area contributed by atoms with Gasteiger partial charge in [0.25, 0.3) is 0 Å². The van der Waals surface area contributed by atoms with E-state index in [0.29, 0.717) is 16.8 Å². The second-order valence-corrected chi connectivity index (χ2v) is 3.82. The van der Waals surface area contributed by atoms with Gasteiger partial charge in [0.2, 0.25) is 0 Å². The predicted molar refractivity (Wildman–Crippen MR) is 59.7 cm³/mol. The third-order valence-corrected chi connectivity index (χ3v) is 2.15. The highest BCUT2D eigenvalue weighted by Gasteiger charge is 2.15. The van der Waals surface area contributed by atoms with E-state index in [4.69, 9.17) is 9.63 Å². The number of nitrogens with zero attached hydrogens (tertiary/aromatic N) is 1. The van der Waals surface area contributed by atoms with E-state index in [1.807, 2.05) is 13.8 Å². The molecule has 0 atom stereocenters. The summed E-state index contributed by atoms with van der Waals surface area (Å²) in [7, 11) is 0. The van der Waals surface area contributed by atoms with Gasteiger partial charge in [-0.15, -0.1) is 0 Å². The van der Waals surface area contributed by atoms with Crippen LogP contribution >= 0.6 is 0 Å². The molecule has 5 nitrogen and oxygen atoms in total. The fraction of sp³-hybridized carbons (Fsp3) is 0.273. The maximum atomic E-state index is 10.9. The first-order valence-electron chi connectivity index (χ1n) is 4.98. The van der Waals surface area contributed by atoms with Crippen molar-refractivity contribution in [3.05, 3.63) is 23.8 Å². The van der Waals surface area contributed by atoms with Gasteiger partial charge in [0.15, 0.2) is 11.4 Å². The van der Waals surface area contributed by atoms with Crippen molar-refractivity contribution in [2.24, 2.45) is 0 Å². The van der Waals surface area contributed by atoms with Crippen molar-refractivity contribution in [3.8, 4) is 0 Å². The topological polar surface area (TPSA) is 75.4 Å². The lowest BCUT2D eigenvalue weighted by Gasteiger charge is -2.05. The zero-order chi connectivity index (χ0) is 11.7. The number of rotatable bonds is 3. The molecule has 2 N–H and O–H groups in total. The van der Waals surface area contributed by atoms with E-state index < -0.39 is 5.97 Å². The Bertz CT molecular complexity index is 531. The van der Waals surface area contributed by atoms with E-state index in [-0.39, 0.29) is 11.6 Å². The summed E-state index contributed by atoms with van der Waals surface area (Å²) in [4.78, 5) is 10.9. The van der Waals surface area contributed by atoms with E-state index in [1.54, 1.807) is 12.1 Å². The van der Waals surface area contributed by atoms with Crippen LogP contribution in [0.15, 0.2) is 22.7 Å². The third-order valence-electron chi connectivity index (χ3n) is 2.15. The number of nitrogens with one attached hydrogen (secondary N) is 1. The standard InChI is InChI=1S/C11H12N2O3/c1-6(2)12-10-7-4-3-5-8(11(14)15)9(7)16-13-10/h3-6H,1-2H3,(H,12,13)(H,14,15). The van der Waals surface area contributed by atoms with Crippen LogP contribution in [0.2, 0.25) is 0 Å². The number of carboxylic acids is 1. The summed E-state index contributed by atoms with van der Waals surface area (Å²) in [6.45, 7) is 3.95. The second-order valence-electron chi connectivity index (χ2n) is 3.82. The van der Waals surface area contributed by atoms with Gasteiger partial charge < -0.3 is 14.9 Å². The molecule has 2 rings (SSSR count). The van der Waals surface area contributed by atoms with Gasteiger partial charge in [0.1, 0.15) is 5.56 Å². The molecule has 0 bridgehead atoms. The first-order chi connectivity index (χ1) is 7.59. The minimum Gasteiger partial charge on any atom is -0.478 e. The number of para-hydroxylation sites is 1. The van der Waals surface area contributed by atoms with Gasteiger partial charge in [-0.1, -0.05) is 11.2 Å². The molecule has 16 heavy (non-hydrogen) atoms. The summed E-state index contributed by atoms with van der Waals surface area (Å²) < 4.78 is 5.05. The summed E-state index contributed by atoms with van der Waals surface area (Å²) in [6, 6.07) is 5.16. The van der Waals surface area contributed by atoms with Crippen molar-refractivity contribution < 1.29 is 14.4 Å². The maximum absolute atomic E-state index is 10.9. The van der Waals surface area contributed by atoms with Crippen LogP contribution < -0.4 is 5.32 Å². The van der Waals surface area contributed by atoms with Crippen molar-refractivity contribution in [3.63, 3.8) is 0 Å². The van der Waals surface area contributed by atoms with Gasteiger partial charge >= 0.3 is 5.97 Å². The Morgan fingerprint density at radius 2 is 2.25 bits per heavy atom. The molecule has 1 aromatic heterocycles. The highest BCUT2D eigenvalue weighted by Crippen LogP contribution is 2.26. The first kappa shape index (κ1) is 10.5. The molecular formula is C11H12N2O3. The number of carboxylic acid groups (broad SMARTS) is 1. The minimum absolute atomic E-state index is 0.127. The van der Waals surface area contributed by atoms with Crippen LogP contribution in [0.25, 0.3) is 11.0 Å². The van der Waals surface area contributed by atoms with E-state index in [9.17, 15) is 4.79 Å². The molecule has 0 aliphatic carbocycles. The highest BCUT2D eigenvalue weighted by molar-refractivity contribution is 6.03. The Morgan fingerprint density at radius 1 is 1.50 bits per heavy atom. The third kappa shape index (κ3) is 1.71. The lowest BCUT2D eigenvalue weighted by atomic mass is 10.1. The summed E-state index contributed by atoms with van der Waals surface area (Å²) >= 11 is 0. The van der Waals surface area contributed by atoms with Gasteiger partial charge in [0.05, 0.1) is 5.39 Å². The van der Waals surface area contributed by atoms with Crippen LogP contribution in [0.5, 0.6) is 0 Å². The summed E-state index contributed by atoms with van der Waals surface area (Å²) in [5.74, 6) is -0.439. The van der Waals surface area contributed by atoms with Crippen molar-refractivity contribution in [2.45, 2.75) is 19.9 Å². The summed E-state index contributed by atoms with van der Waals surface area (Å²) in [5, 5.41) is 16.6. The number of anilines is 1. The Morgan fingerprint density at radius 3 is 2.88 bits per heavy atom. The van der Waals surface area contributed by atoms with Crippen LogP contribution in [0.4, 0.5) is 5.82 Å². The van der Waals surface area contributed by atoms with Crippen molar-refractivity contribution >= 4 is 22.8 Å². The normalized spacial score (nSPS) is 10.9. The number of hydrogen-bond acceptors (Lipinski definition) is 4. The smallest absolute Gasteiger partial charge is 0.339 e. The van der Waals surface area contributed by atoms with Gasteiger partial charge in [0, 0.05) is 6.04 Å². The predicted octanol–water partition coefficient (Wildman–Crippen LogP) is 2.35. The molecule has 0 saturated carbocycles. The van der Waals surface area contributed by atoms with Crippen molar-refractivity contribution in [1.82, 2.24) is 5.16 Å². The molecule has 0 spiro atoms. The largest absolute Gasteiger partial charge is 0.478 e. The number of aromatic carboxylic acids is 1. The van der Waals surface area contributed by atoms with Gasteiger partial charge in [-0.25, -0.2) is 4.79 Å². The van der Waals surface area contributed by atoms with E-state index in [0.717, 1.165) is 0 Å². The van der Waals surface area contributed by atoms with Crippen LogP contribution in [0.1, 0.15) is 24.2 Å². The van der Waals surface area contributed by atoms with E-state index >= 15 is 0 Å². The van der Waals surface area contributed by atoms with E-state index in [2.05, 4.69) is 10.5 Å². The maximum Gasteiger partial charge on any atom is 0.339 e. The zero-order valence-electron chi connectivity index (χ0n) is 9.02. The van der Waals surface area contributed by atoms with Crippen LogP contribution in [-0.2, 0) is 0 Å². The minimum atomic E-state index is -1.02. The average Bonchev–Trinajstić information content (AvgIpc) is 2.60. The molecule has 1 heterocycles. The number of aromatic nitrogens is 1. The van der Waals surface area contributed by atoms with Crippen LogP contribution in [0.3, 0.4) is 0 Å². The Kier molecular flexibility index (Phi) is 2.52. The quantitative estimate of drug-likeness (QED) is 0.830.